The van der Waals surface area contributed by atoms with E-state index in [1.165, 1.54) is 0 Å². The van der Waals surface area contributed by atoms with Crippen LogP contribution in [0.25, 0.3) is 0 Å². The fourth-order valence-corrected chi connectivity index (χ4v) is 2.33. The monoisotopic (exact) mass is 325 g/mol. The predicted octanol–water partition coefficient (Wildman–Crippen LogP) is 1.49. The van der Waals surface area contributed by atoms with Crippen molar-refractivity contribution < 1.29 is 24.1 Å². The lowest BCUT2D eigenvalue weighted by molar-refractivity contribution is -0.131. The molecule has 6 heteroatoms. The van der Waals surface area contributed by atoms with Gasteiger partial charge in [0.25, 0.3) is 0 Å². The van der Waals surface area contributed by atoms with E-state index in [0.717, 1.165) is 12.0 Å². The Labute approximate surface area is 138 Å². The molecule has 23 heavy (non-hydrogen) atoms. The summed E-state index contributed by atoms with van der Waals surface area (Å²) in [5, 5.41) is 9.10. The Morgan fingerprint density at radius 3 is 2.48 bits per heavy atom. The van der Waals surface area contributed by atoms with E-state index in [4.69, 9.17) is 19.3 Å². The minimum atomic E-state index is -0.0327. The first kappa shape index (κ1) is 19.3. The molecule has 1 N–H and O–H groups in total. The first-order valence-electron chi connectivity index (χ1n) is 7.74. The van der Waals surface area contributed by atoms with Gasteiger partial charge in [0, 0.05) is 33.2 Å². The highest BCUT2D eigenvalue weighted by Crippen LogP contribution is 2.28. The van der Waals surface area contributed by atoms with Crippen LogP contribution >= 0.6 is 0 Å². The van der Waals surface area contributed by atoms with Crippen LogP contribution in [0.15, 0.2) is 18.2 Å². The number of aliphatic hydroxyl groups excluding tert-OH is 1. The van der Waals surface area contributed by atoms with E-state index < -0.39 is 0 Å². The minimum absolute atomic E-state index is 0.0323. The molecule has 1 aromatic carbocycles. The molecule has 0 heterocycles. The fourth-order valence-electron chi connectivity index (χ4n) is 2.33. The molecule has 0 aliphatic rings. The van der Waals surface area contributed by atoms with Crippen LogP contribution in [-0.2, 0) is 16.0 Å². The molecule has 0 aliphatic heterocycles. The lowest BCUT2D eigenvalue weighted by atomic mass is 10.1. The molecule has 130 valence electrons. The van der Waals surface area contributed by atoms with Gasteiger partial charge >= 0.3 is 0 Å². The number of ether oxygens (including phenoxy) is 3. The largest absolute Gasteiger partial charge is 0.493 e. The highest BCUT2D eigenvalue weighted by molar-refractivity contribution is 5.76. The molecule has 0 aromatic heterocycles. The number of benzene rings is 1. The molecular formula is C17H27NO5. The third kappa shape index (κ3) is 6.46. The Balaban J connectivity index is 2.58. The maximum Gasteiger partial charge on any atom is 0.222 e. The first-order valence-corrected chi connectivity index (χ1v) is 7.74. The van der Waals surface area contributed by atoms with Gasteiger partial charge in [-0.3, -0.25) is 4.79 Å². The number of carbonyl (C=O) groups is 1. The molecule has 1 aromatic rings. The molecule has 1 rings (SSSR count). The molecule has 0 saturated carbocycles. The third-order valence-corrected chi connectivity index (χ3v) is 3.57. The summed E-state index contributed by atoms with van der Waals surface area (Å²) in [6.07, 6.45) is 1.77. The van der Waals surface area contributed by atoms with Gasteiger partial charge in [-0.25, -0.2) is 0 Å². The van der Waals surface area contributed by atoms with Gasteiger partial charge < -0.3 is 24.2 Å². The lowest BCUT2D eigenvalue weighted by Gasteiger charge is -2.21. The molecule has 1 amide bonds. The van der Waals surface area contributed by atoms with E-state index in [1.807, 2.05) is 18.2 Å². The molecular weight excluding hydrogens is 298 g/mol. The van der Waals surface area contributed by atoms with Gasteiger partial charge in [0.05, 0.1) is 20.8 Å². The van der Waals surface area contributed by atoms with Gasteiger partial charge in [0.2, 0.25) is 5.91 Å². The molecule has 6 nitrogen and oxygen atoms in total. The number of carbonyl (C=O) groups excluding carboxylic acids is 1. The Hall–Kier alpha value is -1.79. The van der Waals surface area contributed by atoms with Crippen molar-refractivity contribution in [2.24, 2.45) is 0 Å². The van der Waals surface area contributed by atoms with Crippen LogP contribution in [0.2, 0.25) is 0 Å². The van der Waals surface area contributed by atoms with E-state index in [1.54, 1.807) is 26.2 Å². The number of nitrogens with zero attached hydrogens (tertiary/aromatic N) is 1. The smallest absolute Gasteiger partial charge is 0.222 e. The summed E-state index contributed by atoms with van der Waals surface area (Å²) in [6, 6.07) is 5.64. The highest BCUT2D eigenvalue weighted by atomic mass is 16.5. The molecule has 0 saturated heterocycles. The SMILES string of the molecule is COCCCN(CCO)C(=O)CCc1ccc(OC)c(OC)c1. The Kier molecular flexibility index (Phi) is 9.09. The Bertz CT molecular complexity index is 478. The first-order chi connectivity index (χ1) is 11.2. The second-order valence-corrected chi connectivity index (χ2v) is 5.14. The number of hydrogen-bond donors (Lipinski definition) is 1. The average molecular weight is 325 g/mol. The summed E-state index contributed by atoms with van der Waals surface area (Å²) in [6.45, 7) is 1.52. The minimum Gasteiger partial charge on any atom is -0.493 e. The van der Waals surface area contributed by atoms with Gasteiger partial charge in [0.1, 0.15) is 0 Å². The van der Waals surface area contributed by atoms with Crippen LogP contribution in [-0.4, -0.2) is 63.5 Å². The summed E-state index contributed by atoms with van der Waals surface area (Å²) in [4.78, 5) is 14.0. The molecule has 0 atom stereocenters. The molecule has 0 radical (unpaired) electrons. The van der Waals surface area contributed by atoms with Crippen LogP contribution in [0.4, 0.5) is 0 Å². The molecule has 0 aliphatic carbocycles. The van der Waals surface area contributed by atoms with E-state index in [9.17, 15) is 4.79 Å². The second kappa shape index (κ2) is 10.9. The van der Waals surface area contributed by atoms with Crippen molar-refractivity contribution in [3.05, 3.63) is 23.8 Å². The van der Waals surface area contributed by atoms with Crippen LogP contribution in [0.5, 0.6) is 11.5 Å². The molecule has 0 spiro atoms. The van der Waals surface area contributed by atoms with Crippen molar-refractivity contribution in [2.75, 3.05) is 47.6 Å². The lowest BCUT2D eigenvalue weighted by Crippen LogP contribution is -2.35. The van der Waals surface area contributed by atoms with Crippen molar-refractivity contribution >= 4 is 5.91 Å². The number of amides is 1. The second-order valence-electron chi connectivity index (χ2n) is 5.14. The number of hydrogen-bond acceptors (Lipinski definition) is 5. The zero-order valence-electron chi connectivity index (χ0n) is 14.2. The van der Waals surface area contributed by atoms with Crippen molar-refractivity contribution in [1.29, 1.82) is 0 Å². The predicted molar refractivity (Wildman–Crippen MR) is 88.0 cm³/mol. The van der Waals surface area contributed by atoms with Crippen LogP contribution in [0.1, 0.15) is 18.4 Å². The van der Waals surface area contributed by atoms with Gasteiger partial charge in [-0.2, -0.15) is 0 Å². The zero-order chi connectivity index (χ0) is 17.1. The summed E-state index contributed by atoms with van der Waals surface area (Å²) < 4.78 is 15.5. The molecule has 0 unspecified atom stereocenters. The van der Waals surface area contributed by atoms with Crippen LogP contribution < -0.4 is 9.47 Å². The normalized spacial score (nSPS) is 10.4. The standard InChI is InChI=1S/C17H27NO5/c1-21-12-4-9-18(10-11-19)17(20)8-6-14-5-7-15(22-2)16(13-14)23-3/h5,7,13,19H,4,6,8-12H2,1-3H3. The van der Waals surface area contributed by atoms with E-state index in [2.05, 4.69) is 0 Å². The summed E-state index contributed by atoms with van der Waals surface area (Å²) in [5.74, 6) is 1.36. The average Bonchev–Trinajstić information content (AvgIpc) is 2.58. The Morgan fingerprint density at radius 2 is 1.87 bits per heavy atom. The maximum atomic E-state index is 12.3. The molecule has 0 bridgehead atoms. The van der Waals surface area contributed by atoms with Crippen LogP contribution in [0.3, 0.4) is 0 Å². The zero-order valence-corrected chi connectivity index (χ0v) is 14.2. The van der Waals surface area contributed by atoms with E-state index in [0.29, 0.717) is 44.0 Å². The fraction of sp³-hybridized carbons (Fsp3) is 0.588. The van der Waals surface area contributed by atoms with Crippen molar-refractivity contribution in [2.45, 2.75) is 19.3 Å². The van der Waals surface area contributed by atoms with Gasteiger partial charge in [-0.15, -0.1) is 0 Å². The van der Waals surface area contributed by atoms with Crippen molar-refractivity contribution in [1.82, 2.24) is 4.90 Å². The quantitative estimate of drug-likeness (QED) is 0.624. The van der Waals surface area contributed by atoms with Gasteiger partial charge in [-0.05, 0) is 30.5 Å². The van der Waals surface area contributed by atoms with Crippen LogP contribution in [0, 0.1) is 0 Å². The maximum absolute atomic E-state index is 12.3. The van der Waals surface area contributed by atoms with E-state index >= 15 is 0 Å². The number of aryl methyl sites for hydroxylation is 1. The number of methoxy groups -OCH3 is 3. The third-order valence-electron chi connectivity index (χ3n) is 3.57. The summed E-state index contributed by atoms with van der Waals surface area (Å²) >= 11 is 0. The Morgan fingerprint density at radius 1 is 1.13 bits per heavy atom. The molecule has 0 fully saturated rings. The van der Waals surface area contributed by atoms with E-state index in [-0.39, 0.29) is 12.5 Å². The van der Waals surface area contributed by atoms with Gasteiger partial charge in [0.15, 0.2) is 11.5 Å². The summed E-state index contributed by atoms with van der Waals surface area (Å²) in [7, 11) is 4.81. The highest BCUT2D eigenvalue weighted by Gasteiger charge is 2.13. The number of rotatable bonds is 11. The summed E-state index contributed by atoms with van der Waals surface area (Å²) in [5.41, 5.74) is 1.01. The van der Waals surface area contributed by atoms with Gasteiger partial charge in [-0.1, -0.05) is 6.07 Å². The topological polar surface area (TPSA) is 68.2 Å². The van der Waals surface area contributed by atoms with Crippen molar-refractivity contribution in [3.8, 4) is 11.5 Å². The van der Waals surface area contributed by atoms with Crippen molar-refractivity contribution in [3.63, 3.8) is 0 Å². The number of aliphatic hydroxyl groups is 1.